The molecule has 0 aliphatic carbocycles. The van der Waals surface area contributed by atoms with Crippen LogP contribution in [0.15, 0.2) is 60.8 Å². The molecule has 5 nitrogen and oxygen atoms in total. The average molecular weight is 361 g/mol. The number of H-pyrrole nitrogens is 1. The number of aromatic nitrogens is 3. The molecule has 4 aromatic rings. The highest BCUT2D eigenvalue weighted by Gasteiger charge is 2.06. The number of anilines is 3. The number of hydrogen-bond acceptors (Lipinski definition) is 4. The summed E-state index contributed by atoms with van der Waals surface area (Å²) < 4.78 is 13.8. The van der Waals surface area contributed by atoms with Crippen molar-refractivity contribution in [2.75, 3.05) is 17.2 Å². The second-order valence-corrected chi connectivity index (χ2v) is 6.33. The van der Waals surface area contributed by atoms with Gasteiger partial charge in [-0.2, -0.15) is 0 Å². The van der Waals surface area contributed by atoms with Crippen molar-refractivity contribution in [1.82, 2.24) is 15.0 Å². The van der Waals surface area contributed by atoms with Gasteiger partial charge in [0.2, 0.25) is 0 Å². The molecule has 0 fully saturated rings. The Labute approximate surface area is 156 Å². The van der Waals surface area contributed by atoms with Gasteiger partial charge in [-0.15, -0.1) is 0 Å². The molecule has 6 heteroatoms. The van der Waals surface area contributed by atoms with Gasteiger partial charge < -0.3 is 15.6 Å². The highest BCUT2D eigenvalue weighted by Crippen LogP contribution is 2.21. The molecule has 0 spiro atoms. The number of aromatic amines is 1. The zero-order valence-electron chi connectivity index (χ0n) is 15.0. The number of benzene rings is 2. The van der Waals surface area contributed by atoms with Crippen LogP contribution in [0.25, 0.3) is 10.9 Å². The van der Waals surface area contributed by atoms with Crippen molar-refractivity contribution < 1.29 is 4.39 Å². The third-order valence-electron chi connectivity index (χ3n) is 4.35. The Balaban J connectivity index is 1.44. The Morgan fingerprint density at radius 3 is 2.67 bits per heavy atom. The molecular formula is C21H20FN5. The molecule has 2 aromatic heterocycles. The van der Waals surface area contributed by atoms with Crippen LogP contribution < -0.4 is 10.6 Å². The Bertz CT molecular complexity index is 1070. The van der Waals surface area contributed by atoms with Gasteiger partial charge in [-0.3, -0.25) is 0 Å². The standard InChI is InChI=1S/C21H20FN5/c1-14-25-20(12-21(26-14)27-19-9-5-3-7-17(19)22)23-11-10-15-13-24-18-8-4-2-6-16(15)18/h2-9,12-13,24H,10-11H2,1H3,(H2,23,25,26,27). The van der Waals surface area contributed by atoms with Crippen molar-refractivity contribution in [1.29, 1.82) is 0 Å². The molecule has 3 N–H and O–H groups in total. The molecule has 0 bridgehead atoms. The molecule has 0 radical (unpaired) electrons. The minimum Gasteiger partial charge on any atom is -0.370 e. The van der Waals surface area contributed by atoms with Crippen molar-refractivity contribution in [2.24, 2.45) is 0 Å². The molecule has 0 atom stereocenters. The second-order valence-electron chi connectivity index (χ2n) is 6.33. The Morgan fingerprint density at radius 2 is 1.78 bits per heavy atom. The first kappa shape index (κ1) is 17.0. The average Bonchev–Trinajstić information content (AvgIpc) is 3.07. The van der Waals surface area contributed by atoms with E-state index in [4.69, 9.17) is 0 Å². The molecule has 2 aromatic carbocycles. The van der Waals surface area contributed by atoms with Gasteiger partial charge in [0.05, 0.1) is 5.69 Å². The molecule has 0 saturated heterocycles. The van der Waals surface area contributed by atoms with Gasteiger partial charge in [0.15, 0.2) is 0 Å². The van der Waals surface area contributed by atoms with E-state index in [1.54, 1.807) is 24.3 Å². The molecule has 0 amide bonds. The molecule has 0 aliphatic rings. The summed E-state index contributed by atoms with van der Waals surface area (Å²) in [5.74, 6) is 1.57. The number of halogens is 1. The fraction of sp³-hybridized carbons (Fsp3) is 0.143. The van der Waals surface area contributed by atoms with Crippen LogP contribution in [0, 0.1) is 12.7 Å². The minimum absolute atomic E-state index is 0.317. The van der Waals surface area contributed by atoms with E-state index in [1.165, 1.54) is 17.0 Å². The predicted octanol–water partition coefficient (Wildman–Crippen LogP) is 4.80. The summed E-state index contributed by atoms with van der Waals surface area (Å²) in [5.41, 5.74) is 2.79. The van der Waals surface area contributed by atoms with E-state index in [0.717, 1.165) is 18.5 Å². The van der Waals surface area contributed by atoms with Crippen LogP contribution in [0.1, 0.15) is 11.4 Å². The van der Waals surface area contributed by atoms with E-state index in [-0.39, 0.29) is 5.82 Å². The summed E-state index contributed by atoms with van der Waals surface area (Å²) in [6.45, 7) is 2.55. The van der Waals surface area contributed by atoms with Gasteiger partial charge in [0.25, 0.3) is 0 Å². The van der Waals surface area contributed by atoms with E-state index < -0.39 is 0 Å². The molecule has 0 saturated carbocycles. The van der Waals surface area contributed by atoms with Crippen LogP contribution in [-0.2, 0) is 6.42 Å². The third kappa shape index (κ3) is 3.89. The van der Waals surface area contributed by atoms with Crippen LogP contribution in [0.4, 0.5) is 21.7 Å². The van der Waals surface area contributed by atoms with E-state index in [1.807, 2.05) is 25.3 Å². The van der Waals surface area contributed by atoms with Crippen molar-refractivity contribution in [3.63, 3.8) is 0 Å². The first-order chi connectivity index (χ1) is 13.2. The highest BCUT2D eigenvalue weighted by molar-refractivity contribution is 5.83. The van der Waals surface area contributed by atoms with Gasteiger partial charge >= 0.3 is 0 Å². The number of nitrogens with one attached hydrogen (secondary N) is 3. The first-order valence-electron chi connectivity index (χ1n) is 8.85. The fourth-order valence-electron chi connectivity index (χ4n) is 3.09. The molecule has 136 valence electrons. The maximum Gasteiger partial charge on any atom is 0.146 e. The van der Waals surface area contributed by atoms with E-state index in [9.17, 15) is 4.39 Å². The lowest BCUT2D eigenvalue weighted by atomic mass is 10.1. The maximum absolute atomic E-state index is 13.8. The number of aryl methyl sites for hydroxylation is 1. The minimum atomic E-state index is -0.317. The zero-order chi connectivity index (χ0) is 18.6. The Morgan fingerprint density at radius 1 is 1.00 bits per heavy atom. The van der Waals surface area contributed by atoms with Gasteiger partial charge in [0, 0.05) is 29.7 Å². The van der Waals surface area contributed by atoms with Gasteiger partial charge in [0.1, 0.15) is 23.3 Å². The third-order valence-corrected chi connectivity index (χ3v) is 4.35. The summed E-state index contributed by atoms with van der Waals surface area (Å²) >= 11 is 0. The van der Waals surface area contributed by atoms with Crippen molar-refractivity contribution in [2.45, 2.75) is 13.3 Å². The molecule has 0 aliphatic heterocycles. The number of rotatable bonds is 6. The molecule has 0 unspecified atom stereocenters. The van der Waals surface area contributed by atoms with Gasteiger partial charge in [-0.05, 0) is 37.1 Å². The SMILES string of the molecule is Cc1nc(NCCc2c[nH]c3ccccc23)cc(Nc2ccccc2F)n1. The smallest absolute Gasteiger partial charge is 0.146 e. The first-order valence-corrected chi connectivity index (χ1v) is 8.85. The predicted molar refractivity (Wildman–Crippen MR) is 107 cm³/mol. The second kappa shape index (κ2) is 7.45. The lowest BCUT2D eigenvalue weighted by Gasteiger charge is -2.10. The summed E-state index contributed by atoms with van der Waals surface area (Å²) in [6, 6.07) is 16.6. The van der Waals surface area contributed by atoms with Crippen LogP contribution in [0.5, 0.6) is 0 Å². The van der Waals surface area contributed by atoms with Crippen molar-refractivity contribution >= 4 is 28.2 Å². The van der Waals surface area contributed by atoms with Crippen molar-refractivity contribution in [3.05, 3.63) is 78.0 Å². The van der Waals surface area contributed by atoms with Crippen LogP contribution in [0.3, 0.4) is 0 Å². The molecule has 27 heavy (non-hydrogen) atoms. The lowest BCUT2D eigenvalue weighted by Crippen LogP contribution is -2.08. The van der Waals surface area contributed by atoms with E-state index in [0.29, 0.717) is 23.1 Å². The van der Waals surface area contributed by atoms with Crippen LogP contribution >= 0.6 is 0 Å². The largest absolute Gasteiger partial charge is 0.370 e. The monoisotopic (exact) mass is 361 g/mol. The molecule has 4 rings (SSSR count). The summed E-state index contributed by atoms with van der Waals surface area (Å²) in [4.78, 5) is 12.0. The number of nitrogens with zero attached hydrogens (tertiary/aromatic N) is 2. The summed E-state index contributed by atoms with van der Waals surface area (Å²) in [5, 5.41) is 7.58. The van der Waals surface area contributed by atoms with Crippen LogP contribution in [-0.4, -0.2) is 21.5 Å². The molecule has 2 heterocycles. The summed E-state index contributed by atoms with van der Waals surface area (Å²) in [7, 11) is 0. The van der Waals surface area contributed by atoms with Crippen molar-refractivity contribution in [3.8, 4) is 0 Å². The maximum atomic E-state index is 13.8. The summed E-state index contributed by atoms with van der Waals surface area (Å²) in [6.07, 6.45) is 2.91. The van der Waals surface area contributed by atoms with E-state index in [2.05, 4.69) is 37.7 Å². The fourth-order valence-corrected chi connectivity index (χ4v) is 3.09. The Hall–Kier alpha value is -3.41. The zero-order valence-corrected chi connectivity index (χ0v) is 15.0. The number of para-hydroxylation sites is 2. The van der Waals surface area contributed by atoms with Gasteiger partial charge in [-0.1, -0.05) is 30.3 Å². The lowest BCUT2D eigenvalue weighted by molar-refractivity contribution is 0.632. The number of fused-ring (bicyclic) bond motifs is 1. The Kier molecular flexibility index (Phi) is 4.70. The van der Waals surface area contributed by atoms with Gasteiger partial charge in [-0.25, -0.2) is 14.4 Å². The molecular weight excluding hydrogens is 341 g/mol. The topological polar surface area (TPSA) is 65.6 Å². The highest BCUT2D eigenvalue weighted by atomic mass is 19.1. The number of hydrogen-bond donors (Lipinski definition) is 3. The normalized spacial score (nSPS) is 10.9. The van der Waals surface area contributed by atoms with E-state index >= 15 is 0 Å². The van der Waals surface area contributed by atoms with Crippen LogP contribution in [0.2, 0.25) is 0 Å². The quantitative estimate of drug-likeness (QED) is 0.461.